The van der Waals surface area contributed by atoms with E-state index in [-0.39, 0.29) is 12.2 Å². The third-order valence-corrected chi connectivity index (χ3v) is 2.45. The lowest BCUT2D eigenvalue weighted by molar-refractivity contribution is 0.111. The van der Waals surface area contributed by atoms with E-state index in [0.717, 1.165) is 0 Å². The minimum absolute atomic E-state index is 0.134. The highest BCUT2D eigenvalue weighted by atomic mass is 16.5. The van der Waals surface area contributed by atoms with E-state index < -0.39 is 0 Å². The second-order valence-corrected chi connectivity index (χ2v) is 3.28. The van der Waals surface area contributed by atoms with E-state index in [1.807, 2.05) is 0 Å². The molecule has 0 aromatic carbocycles. The first-order valence-corrected chi connectivity index (χ1v) is 4.40. The molecule has 2 heterocycles. The zero-order valence-corrected chi connectivity index (χ0v) is 7.95. The Hall–Kier alpha value is -0.640. The number of methoxy groups -OCH3 is 2. The molecule has 2 aliphatic rings. The Kier molecular flexibility index (Phi) is 2.49. The summed E-state index contributed by atoms with van der Waals surface area (Å²) in [6.07, 6.45) is 4.43. The lowest BCUT2D eigenvalue weighted by atomic mass is 9.98. The Bertz CT molecular complexity index is 231. The highest BCUT2D eigenvalue weighted by Crippen LogP contribution is 2.34. The van der Waals surface area contributed by atoms with Gasteiger partial charge in [-0.3, -0.25) is 0 Å². The third-order valence-electron chi connectivity index (χ3n) is 2.45. The van der Waals surface area contributed by atoms with Gasteiger partial charge in [-0.2, -0.15) is 0 Å². The molecule has 2 bridgehead atoms. The molecule has 2 atom stereocenters. The molecule has 0 saturated heterocycles. The average Bonchev–Trinajstić information content (AvgIpc) is 2.69. The molecule has 2 aliphatic heterocycles. The van der Waals surface area contributed by atoms with Crippen molar-refractivity contribution in [1.82, 2.24) is 0 Å². The molecule has 3 heteroatoms. The van der Waals surface area contributed by atoms with Gasteiger partial charge in [-0.05, 0) is 11.1 Å². The first kappa shape index (κ1) is 8.94. The number of ether oxygens (including phenoxy) is 3. The van der Waals surface area contributed by atoms with Gasteiger partial charge in [0.1, 0.15) is 12.2 Å². The van der Waals surface area contributed by atoms with Crippen molar-refractivity contribution < 1.29 is 14.2 Å². The van der Waals surface area contributed by atoms with Gasteiger partial charge in [-0.25, -0.2) is 0 Å². The van der Waals surface area contributed by atoms with E-state index in [0.29, 0.717) is 13.2 Å². The minimum atomic E-state index is 0.134. The number of fused-ring (bicyclic) bond motifs is 2. The number of hydrogen-bond acceptors (Lipinski definition) is 3. The van der Waals surface area contributed by atoms with Crippen LogP contribution in [0.15, 0.2) is 23.3 Å². The number of hydrogen-bond donors (Lipinski definition) is 0. The second kappa shape index (κ2) is 3.62. The molecule has 13 heavy (non-hydrogen) atoms. The fourth-order valence-electron chi connectivity index (χ4n) is 1.87. The van der Waals surface area contributed by atoms with Gasteiger partial charge in [0.15, 0.2) is 0 Å². The summed E-state index contributed by atoms with van der Waals surface area (Å²) in [5.41, 5.74) is 2.47. The molecule has 0 aromatic heterocycles. The van der Waals surface area contributed by atoms with Crippen molar-refractivity contribution in [2.24, 2.45) is 0 Å². The fourth-order valence-corrected chi connectivity index (χ4v) is 1.87. The van der Waals surface area contributed by atoms with Crippen LogP contribution in [0.5, 0.6) is 0 Å². The Balaban J connectivity index is 2.15. The first-order valence-electron chi connectivity index (χ1n) is 4.40. The van der Waals surface area contributed by atoms with Crippen LogP contribution in [-0.2, 0) is 14.2 Å². The van der Waals surface area contributed by atoms with Gasteiger partial charge >= 0.3 is 0 Å². The number of rotatable bonds is 4. The summed E-state index contributed by atoms with van der Waals surface area (Å²) in [7, 11) is 3.40. The Labute approximate surface area is 78.0 Å². The summed E-state index contributed by atoms with van der Waals surface area (Å²) in [5.74, 6) is 0. The van der Waals surface area contributed by atoms with Crippen LogP contribution in [0.25, 0.3) is 0 Å². The topological polar surface area (TPSA) is 27.7 Å². The smallest absolute Gasteiger partial charge is 0.101 e. The third kappa shape index (κ3) is 1.43. The van der Waals surface area contributed by atoms with E-state index >= 15 is 0 Å². The molecule has 72 valence electrons. The molecule has 0 N–H and O–H groups in total. The molecule has 0 saturated carbocycles. The van der Waals surface area contributed by atoms with E-state index in [1.165, 1.54) is 11.1 Å². The maximum atomic E-state index is 5.66. The lowest BCUT2D eigenvalue weighted by Crippen LogP contribution is -2.12. The highest BCUT2D eigenvalue weighted by molar-refractivity contribution is 5.39. The highest BCUT2D eigenvalue weighted by Gasteiger charge is 2.35. The molecular weight excluding hydrogens is 168 g/mol. The molecule has 0 aliphatic carbocycles. The van der Waals surface area contributed by atoms with Gasteiger partial charge < -0.3 is 14.2 Å². The van der Waals surface area contributed by atoms with Crippen LogP contribution in [0.2, 0.25) is 0 Å². The molecule has 2 rings (SSSR count). The molecule has 0 fully saturated rings. The van der Waals surface area contributed by atoms with Crippen LogP contribution in [-0.4, -0.2) is 39.6 Å². The summed E-state index contributed by atoms with van der Waals surface area (Å²) < 4.78 is 15.9. The van der Waals surface area contributed by atoms with Crippen LogP contribution in [0.1, 0.15) is 0 Å². The quantitative estimate of drug-likeness (QED) is 0.605. The summed E-state index contributed by atoms with van der Waals surface area (Å²) >= 11 is 0. The molecule has 0 radical (unpaired) electrons. The van der Waals surface area contributed by atoms with E-state index in [1.54, 1.807) is 14.2 Å². The second-order valence-electron chi connectivity index (χ2n) is 3.28. The van der Waals surface area contributed by atoms with Crippen molar-refractivity contribution in [2.75, 3.05) is 27.4 Å². The monoisotopic (exact) mass is 182 g/mol. The maximum absolute atomic E-state index is 5.66. The summed E-state index contributed by atoms with van der Waals surface area (Å²) in [4.78, 5) is 0. The molecule has 0 unspecified atom stereocenters. The minimum Gasteiger partial charge on any atom is -0.380 e. The normalized spacial score (nSPS) is 30.6. The van der Waals surface area contributed by atoms with Gasteiger partial charge in [-0.1, -0.05) is 12.2 Å². The van der Waals surface area contributed by atoms with Crippen molar-refractivity contribution in [3.63, 3.8) is 0 Å². The summed E-state index contributed by atoms with van der Waals surface area (Å²) in [6.45, 7) is 1.29. The van der Waals surface area contributed by atoms with E-state index in [9.17, 15) is 0 Å². The predicted molar refractivity (Wildman–Crippen MR) is 48.6 cm³/mol. The maximum Gasteiger partial charge on any atom is 0.101 e. The largest absolute Gasteiger partial charge is 0.380 e. The SMILES string of the molecule is COCC1=C(COC)[C@H]2C=C[C@@H]1O2. The molecule has 0 amide bonds. The van der Waals surface area contributed by atoms with Crippen LogP contribution in [0, 0.1) is 0 Å². The summed E-state index contributed by atoms with van der Waals surface area (Å²) in [5, 5.41) is 0. The van der Waals surface area contributed by atoms with Crippen molar-refractivity contribution in [1.29, 1.82) is 0 Å². The zero-order chi connectivity index (χ0) is 9.26. The van der Waals surface area contributed by atoms with Crippen LogP contribution in [0.4, 0.5) is 0 Å². The van der Waals surface area contributed by atoms with Crippen LogP contribution >= 0.6 is 0 Å². The van der Waals surface area contributed by atoms with Crippen molar-refractivity contribution in [3.8, 4) is 0 Å². The van der Waals surface area contributed by atoms with Crippen molar-refractivity contribution in [3.05, 3.63) is 23.3 Å². The summed E-state index contributed by atoms with van der Waals surface area (Å²) in [6, 6.07) is 0. The predicted octanol–water partition coefficient (Wildman–Crippen LogP) is 0.913. The van der Waals surface area contributed by atoms with Gasteiger partial charge in [0.05, 0.1) is 13.2 Å². The van der Waals surface area contributed by atoms with Gasteiger partial charge in [0.2, 0.25) is 0 Å². The van der Waals surface area contributed by atoms with Gasteiger partial charge in [0, 0.05) is 14.2 Å². The average molecular weight is 182 g/mol. The van der Waals surface area contributed by atoms with Crippen LogP contribution in [0.3, 0.4) is 0 Å². The Morgan fingerprint density at radius 1 is 1.08 bits per heavy atom. The van der Waals surface area contributed by atoms with Crippen molar-refractivity contribution >= 4 is 0 Å². The van der Waals surface area contributed by atoms with Crippen molar-refractivity contribution in [2.45, 2.75) is 12.2 Å². The molecule has 3 nitrogen and oxygen atoms in total. The van der Waals surface area contributed by atoms with Crippen LogP contribution < -0.4 is 0 Å². The molecule has 0 aromatic rings. The lowest BCUT2D eigenvalue weighted by Gasteiger charge is -2.11. The Morgan fingerprint density at radius 3 is 1.92 bits per heavy atom. The van der Waals surface area contributed by atoms with Gasteiger partial charge in [-0.15, -0.1) is 0 Å². The van der Waals surface area contributed by atoms with Gasteiger partial charge in [0.25, 0.3) is 0 Å². The molecular formula is C10H14O3. The standard InChI is InChI=1S/C10H14O3/c1-11-5-7-8(6-12-2)10-4-3-9(7)13-10/h3-4,9-10H,5-6H2,1-2H3/t9-,10+. The first-order chi connectivity index (χ1) is 6.36. The van der Waals surface area contributed by atoms with E-state index in [2.05, 4.69) is 12.2 Å². The fraction of sp³-hybridized carbons (Fsp3) is 0.600. The van der Waals surface area contributed by atoms with E-state index in [4.69, 9.17) is 14.2 Å². The molecule has 0 spiro atoms. The Morgan fingerprint density at radius 2 is 1.54 bits per heavy atom. The zero-order valence-electron chi connectivity index (χ0n) is 7.95.